The second-order valence-electron chi connectivity index (χ2n) is 8.75. The third kappa shape index (κ3) is 5.60. The van der Waals surface area contributed by atoms with Gasteiger partial charge in [-0.2, -0.15) is 0 Å². The zero-order valence-electron chi connectivity index (χ0n) is 17.9. The Balaban J connectivity index is 2.43. The average Bonchev–Trinajstić information content (AvgIpc) is 2.59. The van der Waals surface area contributed by atoms with E-state index >= 15 is 0 Å². The highest BCUT2D eigenvalue weighted by molar-refractivity contribution is 5.88. The predicted molar refractivity (Wildman–Crippen MR) is 115 cm³/mol. The van der Waals surface area contributed by atoms with Gasteiger partial charge in [0.2, 0.25) is 0 Å². The Bertz CT molecular complexity index is 889. The number of aromatic nitrogens is 1. The molecule has 2 aromatic rings. The normalized spacial score (nSPS) is 11.4. The van der Waals surface area contributed by atoms with Gasteiger partial charge in [-0.1, -0.05) is 65.5 Å². The predicted octanol–water partition coefficient (Wildman–Crippen LogP) is 5.64. The van der Waals surface area contributed by atoms with Crippen LogP contribution >= 0.6 is 0 Å². The molecule has 2 rings (SSSR count). The Morgan fingerprint density at radius 1 is 1.00 bits per heavy atom. The van der Waals surface area contributed by atoms with Crippen LogP contribution in [0.15, 0.2) is 36.5 Å². The van der Waals surface area contributed by atoms with Gasteiger partial charge in [0.05, 0.1) is 23.6 Å². The van der Waals surface area contributed by atoms with Crippen LogP contribution in [-0.2, 0) is 15.6 Å². The van der Waals surface area contributed by atoms with Gasteiger partial charge in [0, 0.05) is 17.2 Å². The maximum Gasteiger partial charge on any atom is 0.411 e. The van der Waals surface area contributed by atoms with E-state index < -0.39 is 6.09 Å². The SMILES string of the molecule is CCOC(=O)Nc1c(C#Cc2ccc(C(C)(C)C)cc2)ccnc1C(C)(C)C. The summed E-state index contributed by atoms with van der Waals surface area (Å²) in [4.78, 5) is 16.5. The largest absolute Gasteiger partial charge is 0.450 e. The summed E-state index contributed by atoms with van der Waals surface area (Å²) in [6.07, 6.45) is 1.22. The monoisotopic (exact) mass is 378 g/mol. The Morgan fingerprint density at radius 2 is 1.64 bits per heavy atom. The summed E-state index contributed by atoms with van der Waals surface area (Å²) >= 11 is 0. The molecule has 1 N–H and O–H groups in total. The second kappa shape index (κ2) is 8.48. The molecular formula is C24H30N2O2. The lowest BCUT2D eigenvalue weighted by molar-refractivity contribution is 0.168. The minimum Gasteiger partial charge on any atom is -0.450 e. The molecule has 28 heavy (non-hydrogen) atoms. The van der Waals surface area contributed by atoms with E-state index in [1.807, 2.05) is 39.0 Å². The first-order valence-corrected chi connectivity index (χ1v) is 9.58. The lowest BCUT2D eigenvalue weighted by Crippen LogP contribution is -2.21. The van der Waals surface area contributed by atoms with E-state index in [0.717, 1.165) is 11.3 Å². The molecule has 0 atom stereocenters. The smallest absolute Gasteiger partial charge is 0.411 e. The number of hydrogen-bond acceptors (Lipinski definition) is 3. The molecule has 4 nitrogen and oxygen atoms in total. The molecule has 0 aliphatic carbocycles. The molecule has 0 saturated carbocycles. The molecule has 0 aliphatic heterocycles. The number of nitrogens with zero attached hydrogens (tertiary/aromatic N) is 1. The first kappa shape index (κ1) is 21.5. The molecule has 0 bridgehead atoms. The molecule has 1 amide bonds. The first-order valence-electron chi connectivity index (χ1n) is 9.58. The van der Waals surface area contributed by atoms with E-state index in [-0.39, 0.29) is 10.8 Å². The highest BCUT2D eigenvalue weighted by Gasteiger charge is 2.23. The van der Waals surface area contributed by atoms with Gasteiger partial charge in [0.15, 0.2) is 0 Å². The minimum absolute atomic E-state index is 0.107. The van der Waals surface area contributed by atoms with Crippen LogP contribution < -0.4 is 5.32 Å². The molecule has 0 saturated heterocycles. The van der Waals surface area contributed by atoms with Gasteiger partial charge >= 0.3 is 6.09 Å². The molecule has 0 spiro atoms. The van der Waals surface area contributed by atoms with Crippen molar-refractivity contribution < 1.29 is 9.53 Å². The Kier molecular flexibility index (Phi) is 6.51. The van der Waals surface area contributed by atoms with Gasteiger partial charge in [-0.3, -0.25) is 10.3 Å². The second-order valence-corrected chi connectivity index (χ2v) is 8.75. The molecular weight excluding hydrogens is 348 g/mol. The molecule has 0 fully saturated rings. The number of carbonyl (C=O) groups excluding carboxylic acids is 1. The number of benzene rings is 1. The van der Waals surface area contributed by atoms with Gasteiger partial charge in [-0.05, 0) is 36.1 Å². The third-order valence-electron chi connectivity index (χ3n) is 4.26. The fourth-order valence-electron chi connectivity index (χ4n) is 2.72. The summed E-state index contributed by atoms with van der Waals surface area (Å²) in [6, 6.07) is 10.1. The van der Waals surface area contributed by atoms with Crippen LogP contribution in [0.25, 0.3) is 0 Å². The van der Waals surface area contributed by atoms with Crippen LogP contribution in [-0.4, -0.2) is 17.7 Å². The minimum atomic E-state index is -0.501. The van der Waals surface area contributed by atoms with Crippen molar-refractivity contribution in [2.24, 2.45) is 0 Å². The van der Waals surface area contributed by atoms with Crippen LogP contribution in [0.5, 0.6) is 0 Å². The Morgan fingerprint density at radius 3 is 2.18 bits per heavy atom. The lowest BCUT2D eigenvalue weighted by atomic mass is 9.87. The number of ether oxygens (including phenoxy) is 1. The average molecular weight is 379 g/mol. The molecule has 0 aliphatic rings. The number of carbonyl (C=O) groups is 1. The van der Waals surface area contributed by atoms with Crippen LogP contribution in [0, 0.1) is 11.8 Å². The van der Waals surface area contributed by atoms with Crippen LogP contribution in [0.3, 0.4) is 0 Å². The molecule has 1 aromatic heterocycles. The highest BCUT2D eigenvalue weighted by atomic mass is 16.5. The summed E-state index contributed by atoms with van der Waals surface area (Å²) < 4.78 is 5.05. The lowest BCUT2D eigenvalue weighted by Gasteiger charge is -2.22. The van der Waals surface area contributed by atoms with Crippen molar-refractivity contribution in [1.82, 2.24) is 4.98 Å². The third-order valence-corrected chi connectivity index (χ3v) is 4.26. The van der Waals surface area contributed by atoms with Crippen molar-refractivity contribution in [3.63, 3.8) is 0 Å². The summed E-state index contributed by atoms with van der Waals surface area (Å²) in [5, 5.41) is 2.83. The Hall–Kier alpha value is -2.80. The maximum atomic E-state index is 12.0. The molecule has 0 unspecified atom stereocenters. The number of anilines is 1. The van der Waals surface area contributed by atoms with Gasteiger partial charge in [0.1, 0.15) is 0 Å². The van der Waals surface area contributed by atoms with E-state index in [4.69, 9.17) is 4.74 Å². The first-order chi connectivity index (χ1) is 13.0. The molecule has 1 aromatic carbocycles. The molecule has 148 valence electrons. The van der Waals surface area contributed by atoms with Gasteiger partial charge in [-0.15, -0.1) is 0 Å². The maximum absolute atomic E-state index is 12.0. The van der Waals surface area contributed by atoms with Crippen molar-refractivity contribution >= 4 is 11.8 Å². The summed E-state index contributed by atoms with van der Waals surface area (Å²) in [6.45, 7) is 14.8. The van der Waals surface area contributed by atoms with Gasteiger partial charge < -0.3 is 4.74 Å². The summed E-state index contributed by atoms with van der Waals surface area (Å²) in [7, 11) is 0. The van der Waals surface area contributed by atoms with Crippen molar-refractivity contribution in [3.05, 3.63) is 58.9 Å². The topological polar surface area (TPSA) is 51.2 Å². The van der Waals surface area contributed by atoms with Crippen LogP contribution in [0.4, 0.5) is 10.5 Å². The van der Waals surface area contributed by atoms with E-state index in [1.54, 1.807) is 13.1 Å². The van der Waals surface area contributed by atoms with Crippen LogP contribution in [0.2, 0.25) is 0 Å². The summed E-state index contributed by atoms with van der Waals surface area (Å²) in [5.74, 6) is 6.38. The van der Waals surface area contributed by atoms with E-state index in [0.29, 0.717) is 17.9 Å². The van der Waals surface area contributed by atoms with Crippen molar-refractivity contribution in [2.75, 3.05) is 11.9 Å². The fraction of sp³-hybridized carbons (Fsp3) is 0.417. The number of pyridine rings is 1. The van der Waals surface area contributed by atoms with Crippen molar-refractivity contribution in [2.45, 2.75) is 59.3 Å². The highest BCUT2D eigenvalue weighted by Crippen LogP contribution is 2.30. The van der Waals surface area contributed by atoms with Gasteiger partial charge in [-0.25, -0.2) is 4.79 Å². The van der Waals surface area contributed by atoms with Crippen molar-refractivity contribution in [1.29, 1.82) is 0 Å². The van der Waals surface area contributed by atoms with E-state index in [2.05, 4.69) is 55.0 Å². The van der Waals surface area contributed by atoms with Crippen molar-refractivity contribution in [3.8, 4) is 11.8 Å². The summed E-state index contributed by atoms with van der Waals surface area (Å²) in [5.41, 5.74) is 4.14. The number of nitrogens with one attached hydrogen (secondary N) is 1. The molecule has 0 radical (unpaired) electrons. The molecule has 1 heterocycles. The Labute approximate surface area is 168 Å². The van der Waals surface area contributed by atoms with Crippen LogP contribution in [0.1, 0.15) is 70.9 Å². The quantitative estimate of drug-likeness (QED) is 0.688. The van der Waals surface area contributed by atoms with E-state index in [9.17, 15) is 4.79 Å². The number of amides is 1. The zero-order valence-corrected chi connectivity index (χ0v) is 17.9. The fourth-order valence-corrected chi connectivity index (χ4v) is 2.72. The molecule has 4 heteroatoms. The number of rotatable bonds is 2. The van der Waals surface area contributed by atoms with E-state index in [1.165, 1.54) is 5.56 Å². The zero-order chi connectivity index (χ0) is 20.9. The van der Waals surface area contributed by atoms with Gasteiger partial charge in [0.25, 0.3) is 0 Å². The standard InChI is InChI=1S/C24H30N2O2/c1-8-28-22(27)26-20-18(15-16-25-21(20)24(5,6)7)12-9-17-10-13-19(14-11-17)23(2,3)4/h10-11,13-16H,8H2,1-7H3,(H,26,27). The number of hydrogen-bond donors (Lipinski definition) is 1.